The first kappa shape index (κ1) is 22.5. The van der Waals surface area contributed by atoms with Crippen LogP contribution < -0.4 is 9.88 Å². The van der Waals surface area contributed by atoms with Crippen molar-refractivity contribution in [2.75, 3.05) is 6.61 Å². The van der Waals surface area contributed by atoms with E-state index in [1.54, 1.807) is 13.0 Å². The Hall–Kier alpha value is -3.15. The molecule has 6 nitrogen and oxygen atoms in total. The first-order valence-electron chi connectivity index (χ1n) is 11.0. The summed E-state index contributed by atoms with van der Waals surface area (Å²) in [5.41, 5.74) is 3.62. The highest BCUT2D eigenvalue weighted by Gasteiger charge is 2.24. The van der Waals surface area contributed by atoms with Crippen molar-refractivity contribution in [1.29, 1.82) is 0 Å². The maximum atomic E-state index is 12.8. The molecule has 1 aromatic heterocycles. The van der Waals surface area contributed by atoms with Gasteiger partial charge in [0.1, 0.15) is 0 Å². The fourth-order valence-corrected chi connectivity index (χ4v) is 3.97. The largest absolute Gasteiger partial charge is 0.462 e. The fraction of sp³-hybridized carbons (Fsp3) is 0.400. The number of rotatable bonds is 9. The number of carbonyl (C=O) groups is 2. The van der Waals surface area contributed by atoms with E-state index in [0.29, 0.717) is 12.2 Å². The third-order valence-corrected chi connectivity index (χ3v) is 5.58. The van der Waals surface area contributed by atoms with Crippen LogP contribution in [0.15, 0.2) is 48.5 Å². The minimum absolute atomic E-state index is 0.0367. The fourth-order valence-electron chi connectivity index (χ4n) is 3.97. The van der Waals surface area contributed by atoms with E-state index in [-0.39, 0.29) is 24.5 Å². The van der Waals surface area contributed by atoms with Crippen LogP contribution in [0.1, 0.15) is 48.9 Å². The van der Waals surface area contributed by atoms with Crippen molar-refractivity contribution >= 4 is 22.9 Å². The predicted molar refractivity (Wildman–Crippen MR) is 121 cm³/mol. The van der Waals surface area contributed by atoms with Crippen LogP contribution in [0.4, 0.5) is 0 Å². The first-order valence-corrected chi connectivity index (χ1v) is 11.0. The molecule has 0 unspecified atom stereocenters. The summed E-state index contributed by atoms with van der Waals surface area (Å²) in [6.07, 6.45) is 1.80. The highest BCUT2D eigenvalue weighted by atomic mass is 16.5. The molecule has 0 aliphatic rings. The van der Waals surface area contributed by atoms with Crippen molar-refractivity contribution in [1.82, 2.24) is 9.88 Å². The van der Waals surface area contributed by atoms with Gasteiger partial charge in [0.15, 0.2) is 17.6 Å². The van der Waals surface area contributed by atoms with Gasteiger partial charge in [0, 0.05) is 19.0 Å². The van der Waals surface area contributed by atoms with Crippen molar-refractivity contribution in [3.8, 4) is 0 Å². The minimum atomic E-state index is -0.350. The molecule has 0 fully saturated rings. The van der Waals surface area contributed by atoms with Crippen molar-refractivity contribution in [3.05, 3.63) is 65.5 Å². The Morgan fingerprint density at radius 1 is 1.13 bits per heavy atom. The van der Waals surface area contributed by atoms with Crippen LogP contribution in [0, 0.1) is 6.92 Å². The topological polar surface area (TPSA) is 64.2 Å². The molecule has 1 atom stereocenters. The molecular formula is C25H32N3O3+. The van der Waals surface area contributed by atoms with Gasteiger partial charge in [0.25, 0.3) is 11.7 Å². The van der Waals surface area contributed by atoms with E-state index in [2.05, 4.69) is 28.9 Å². The molecule has 0 aliphatic carbocycles. The summed E-state index contributed by atoms with van der Waals surface area (Å²) in [7, 11) is 0. The number of aryl methyl sites for hydroxylation is 2. The number of benzene rings is 2. The molecule has 6 heteroatoms. The Labute approximate surface area is 183 Å². The summed E-state index contributed by atoms with van der Waals surface area (Å²) in [4.78, 5) is 25.0. The molecule has 1 N–H and O–H groups in total. The van der Waals surface area contributed by atoms with Crippen molar-refractivity contribution in [2.24, 2.45) is 0 Å². The number of nitrogens with zero attached hydrogens (tertiary/aromatic N) is 2. The van der Waals surface area contributed by atoms with Gasteiger partial charge in [0.05, 0.1) is 18.7 Å². The van der Waals surface area contributed by atoms with E-state index in [0.717, 1.165) is 36.2 Å². The van der Waals surface area contributed by atoms with E-state index in [4.69, 9.17) is 4.74 Å². The highest BCUT2D eigenvalue weighted by Crippen LogP contribution is 2.18. The Morgan fingerprint density at radius 3 is 2.55 bits per heavy atom. The lowest BCUT2D eigenvalue weighted by Gasteiger charge is -2.13. The maximum absolute atomic E-state index is 12.8. The molecule has 0 saturated carbocycles. The lowest BCUT2D eigenvalue weighted by molar-refractivity contribution is -0.674. The van der Waals surface area contributed by atoms with Gasteiger partial charge in [-0.3, -0.25) is 4.79 Å². The zero-order chi connectivity index (χ0) is 22.4. The Morgan fingerprint density at radius 2 is 1.87 bits per heavy atom. The number of amides is 1. The molecule has 0 bridgehead atoms. The average molecular weight is 423 g/mol. The first-order chi connectivity index (χ1) is 14.9. The second kappa shape index (κ2) is 10.2. The average Bonchev–Trinajstić information content (AvgIpc) is 3.03. The van der Waals surface area contributed by atoms with Crippen molar-refractivity contribution in [2.45, 2.75) is 59.7 Å². The van der Waals surface area contributed by atoms with Gasteiger partial charge < -0.3 is 10.1 Å². The van der Waals surface area contributed by atoms with Crippen LogP contribution in [-0.2, 0) is 29.0 Å². The molecule has 31 heavy (non-hydrogen) atoms. The summed E-state index contributed by atoms with van der Waals surface area (Å²) in [5, 5.41) is 3.11. The maximum Gasteiger partial charge on any atom is 0.338 e. The summed E-state index contributed by atoms with van der Waals surface area (Å²) in [6, 6.07) is 15.9. The smallest absolute Gasteiger partial charge is 0.338 e. The number of imidazole rings is 1. The molecule has 3 rings (SSSR count). The molecule has 0 radical (unpaired) electrons. The minimum Gasteiger partial charge on any atom is -0.462 e. The summed E-state index contributed by atoms with van der Waals surface area (Å²) in [6.45, 7) is 9.21. The van der Waals surface area contributed by atoms with Gasteiger partial charge in [-0.2, -0.15) is 0 Å². The second-order valence-corrected chi connectivity index (χ2v) is 7.79. The number of nitrogens with one attached hydrogen (secondary N) is 1. The number of ether oxygens (including phenoxy) is 1. The van der Waals surface area contributed by atoms with E-state index in [1.807, 2.05) is 48.7 Å². The number of carbonyl (C=O) groups excluding carboxylic acids is 2. The predicted octanol–water partition coefficient (Wildman–Crippen LogP) is 3.57. The van der Waals surface area contributed by atoms with Crippen molar-refractivity contribution in [3.63, 3.8) is 0 Å². The normalized spacial score (nSPS) is 12.0. The van der Waals surface area contributed by atoms with Gasteiger partial charge in [-0.15, -0.1) is 0 Å². The zero-order valence-electron chi connectivity index (χ0n) is 18.9. The zero-order valence-corrected chi connectivity index (χ0v) is 18.9. The molecule has 0 aliphatic heterocycles. The summed E-state index contributed by atoms with van der Waals surface area (Å²) in [5.74, 6) is 0.591. The van der Waals surface area contributed by atoms with E-state index in [1.165, 1.54) is 5.56 Å². The quantitative estimate of drug-likeness (QED) is 0.424. The SMILES string of the molecule is CCOC(=O)c1ccc2c(c1)n(CC(=O)N[C@@H](C)CCc1ccccc1)c(C)[n+]2CC. The third-order valence-electron chi connectivity index (χ3n) is 5.58. The standard InChI is InChI=1S/C25H31N3O3/c1-5-27-19(4)28(23-16-21(14-15-22(23)27)25(30)31-6-2)17-24(29)26-18(3)12-13-20-10-8-7-9-11-20/h7-11,14-16,18H,5-6,12-13,17H2,1-4H3/p+1/t18-/m0/s1. The van der Waals surface area contributed by atoms with E-state index < -0.39 is 0 Å². The molecule has 3 aromatic rings. The third kappa shape index (κ3) is 5.32. The van der Waals surface area contributed by atoms with Crippen LogP contribution in [0.2, 0.25) is 0 Å². The van der Waals surface area contributed by atoms with Gasteiger partial charge in [0.2, 0.25) is 0 Å². The molecule has 1 amide bonds. The molecule has 0 spiro atoms. The number of fused-ring (bicyclic) bond motifs is 1. The summed E-state index contributed by atoms with van der Waals surface area (Å²) < 4.78 is 9.27. The van der Waals surface area contributed by atoms with Gasteiger partial charge in [-0.25, -0.2) is 13.9 Å². The highest BCUT2D eigenvalue weighted by molar-refractivity contribution is 5.93. The van der Waals surface area contributed by atoms with Gasteiger partial charge in [-0.05, 0) is 51.3 Å². The number of hydrogen-bond donors (Lipinski definition) is 1. The Kier molecular flexibility index (Phi) is 7.45. The van der Waals surface area contributed by atoms with Crippen LogP contribution >= 0.6 is 0 Å². The number of hydrogen-bond acceptors (Lipinski definition) is 3. The molecule has 1 heterocycles. The van der Waals surface area contributed by atoms with Gasteiger partial charge in [-0.1, -0.05) is 30.3 Å². The molecular weight excluding hydrogens is 390 g/mol. The monoisotopic (exact) mass is 422 g/mol. The lowest BCUT2D eigenvalue weighted by atomic mass is 10.1. The van der Waals surface area contributed by atoms with Crippen LogP contribution in [0.5, 0.6) is 0 Å². The van der Waals surface area contributed by atoms with E-state index >= 15 is 0 Å². The number of esters is 1. The second-order valence-electron chi connectivity index (χ2n) is 7.79. The Balaban J connectivity index is 1.75. The van der Waals surface area contributed by atoms with Crippen molar-refractivity contribution < 1.29 is 18.9 Å². The Bertz CT molecular complexity index is 1060. The molecule has 2 aromatic carbocycles. The van der Waals surface area contributed by atoms with E-state index in [9.17, 15) is 9.59 Å². The lowest BCUT2D eigenvalue weighted by Crippen LogP contribution is -2.38. The number of aromatic nitrogens is 2. The molecule has 0 saturated heterocycles. The molecule has 164 valence electrons. The van der Waals surface area contributed by atoms with Crippen LogP contribution in [0.25, 0.3) is 11.0 Å². The summed E-state index contributed by atoms with van der Waals surface area (Å²) >= 11 is 0. The van der Waals surface area contributed by atoms with Gasteiger partial charge >= 0.3 is 5.97 Å². The van der Waals surface area contributed by atoms with Crippen LogP contribution in [-0.4, -0.2) is 29.1 Å². The van der Waals surface area contributed by atoms with Crippen LogP contribution in [0.3, 0.4) is 0 Å².